The maximum atomic E-state index is 12.3. The summed E-state index contributed by atoms with van der Waals surface area (Å²) >= 11 is 0. The summed E-state index contributed by atoms with van der Waals surface area (Å²) < 4.78 is 5.98. The topological polar surface area (TPSA) is 29.5 Å². The maximum absolute atomic E-state index is 12.3. The van der Waals surface area contributed by atoms with Crippen LogP contribution in [0.15, 0.2) is 24.3 Å². The predicted molar refractivity (Wildman–Crippen MR) is 67.4 cm³/mol. The van der Waals surface area contributed by atoms with Crippen LogP contribution in [0.5, 0.6) is 0 Å². The number of nitrogens with zero attached hydrogens (tertiary/aromatic N) is 1. The molecule has 0 aromatic carbocycles. The highest BCUT2D eigenvalue weighted by Crippen LogP contribution is 2.35. The molecule has 2 unspecified atom stereocenters. The summed E-state index contributed by atoms with van der Waals surface area (Å²) in [6.45, 7) is 6.34. The van der Waals surface area contributed by atoms with E-state index in [2.05, 4.69) is 12.7 Å². The Morgan fingerprint density at radius 3 is 3.06 bits per heavy atom. The summed E-state index contributed by atoms with van der Waals surface area (Å²) in [4.78, 5) is 14.1. The summed E-state index contributed by atoms with van der Waals surface area (Å²) in [5, 5.41) is 0. The molecule has 1 aliphatic carbocycles. The molecular formula is C14H21NO2. The molecule has 0 aromatic heterocycles. The summed E-state index contributed by atoms with van der Waals surface area (Å²) in [6.07, 6.45) is 7.97. The van der Waals surface area contributed by atoms with Gasteiger partial charge in [-0.05, 0) is 38.7 Å². The molecule has 1 amide bonds. The Kier molecular flexibility index (Phi) is 3.38. The van der Waals surface area contributed by atoms with Crippen molar-refractivity contribution in [3.8, 4) is 0 Å². The van der Waals surface area contributed by atoms with Crippen LogP contribution in [0.25, 0.3) is 0 Å². The molecular weight excluding hydrogens is 214 g/mol. The van der Waals surface area contributed by atoms with Crippen LogP contribution < -0.4 is 0 Å². The van der Waals surface area contributed by atoms with Gasteiger partial charge in [0.05, 0.1) is 12.5 Å². The molecule has 2 atom stereocenters. The van der Waals surface area contributed by atoms with Gasteiger partial charge in [-0.25, -0.2) is 0 Å². The van der Waals surface area contributed by atoms with E-state index in [1.807, 2.05) is 20.0 Å². The van der Waals surface area contributed by atoms with E-state index in [9.17, 15) is 4.79 Å². The highest BCUT2D eigenvalue weighted by Gasteiger charge is 2.44. The van der Waals surface area contributed by atoms with E-state index in [0.29, 0.717) is 6.61 Å². The molecule has 0 aromatic rings. The standard InChI is InChI=1S/C14H21NO2/c1-11(2)9-12-10-17-14(15(3)13(12)16)7-5-4-6-8-14/h5,7,12H,1,4,6,8-10H2,2-3H3. The molecule has 1 fully saturated rings. The van der Waals surface area contributed by atoms with Gasteiger partial charge in [0.2, 0.25) is 5.91 Å². The molecule has 17 heavy (non-hydrogen) atoms. The largest absolute Gasteiger partial charge is 0.351 e. The molecule has 1 aliphatic heterocycles. The molecule has 94 valence electrons. The minimum Gasteiger partial charge on any atom is -0.351 e. The van der Waals surface area contributed by atoms with E-state index < -0.39 is 5.72 Å². The van der Waals surface area contributed by atoms with Gasteiger partial charge in [-0.15, -0.1) is 6.58 Å². The van der Waals surface area contributed by atoms with Gasteiger partial charge >= 0.3 is 0 Å². The number of carbonyl (C=O) groups is 1. The fourth-order valence-corrected chi connectivity index (χ4v) is 2.66. The van der Waals surface area contributed by atoms with Crippen molar-refractivity contribution in [2.24, 2.45) is 5.92 Å². The zero-order chi connectivity index (χ0) is 12.5. The lowest BCUT2D eigenvalue weighted by Gasteiger charge is -2.46. The molecule has 0 N–H and O–H groups in total. The average Bonchev–Trinajstić information content (AvgIpc) is 2.32. The molecule has 3 nitrogen and oxygen atoms in total. The van der Waals surface area contributed by atoms with E-state index in [1.165, 1.54) is 0 Å². The smallest absolute Gasteiger partial charge is 0.230 e. The fraction of sp³-hybridized carbons (Fsp3) is 0.643. The summed E-state index contributed by atoms with van der Waals surface area (Å²) in [7, 11) is 1.85. The van der Waals surface area contributed by atoms with Crippen molar-refractivity contribution in [3.05, 3.63) is 24.3 Å². The molecule has 0 radical (unpaired) electrons. The second-order valence-electron chi connectivity index (χ2n) is 5.21. The fourth-order valence-electron chi connectivity index (χ4n) is 2.66. The number of ether oxygens (including phenoxy) is 1. The van der Waals surface area contributed by atoms with Crippen LogP contribution in [0.4, 0.5) is 0 Å². The predicted octanol–water partition coefficient (Wildman–Crippen LogP) is 2.49. The monoisotopic (exact) mass is 235 g/mol. The summed E-state index contributed by atoms with van der Waals surface area (Å²) in [6, 6.07) is 0. The van der Waals surface area contributed by atoms with Crippen LogP contribution in [0, 0.1) is 5.92 Å². The molecule has 0 bridgehead atoms. The molecule has 1 saturated heterocycles. The number of hydrogen-bond donors (Lipinski definition) is 0. The van der Waals surface area contributed by atoms with Crippen LogP contribution in [0.3, 0.4) is 0 Å². The minimum atomic E-state index is -0.471. The third kappa shape index (κ3) is 2.29. The van der Waals surface area contributed by atoms with Crippen molar-refractivity contribution >= 4 is 5.91 Å². The van der Waals surface area contributed by atoms with E-state index in [0.717, 1.165) is 31.3 Å². The molecule has 3 heteroatoms. The molecule has 1 spiro atoms. The van der Waals surface area contributed by atoms with Gasteiger partial charge in [0.25, 0.3) is 0 Å². The second-order valence-corrected chi connectivity index (χ2v) is 5.21. The lowest BCUT2D eigenvalue weighted by Crippen LogP contribution is -2.58. The molecule has 1 heterocycles. The third-order valence-corrected chi connectivity index (χ3v) is 3.66. The van der Waals surface area contributed by atoms with E-state index >= 15 is 0 Å². The maximum Gasteiger partial charge on any atom is 0.230 e. The average molecular weight is 235 g/mol. The zero-order valence-corrected chi connectivity index (χ0v) is 10.7. The van der Waals surface area contributed by atoms with E-state index in [4.69, 9.17) is 4.74 Å². The van der Waals surface area contributed by atoms with Crippen LogP contribution in [-0.2, 0) is 9.53 Å². The van der Waals surface area contributed by atoms with Crippen LogP contribution in [-0.4, -0.2) is 30.2 Å². The van der Waals surface area contributed by atoms with Crippen LogP contribution in [0.2, 0.25) is 0 Å². The Morgan fingerprint density at radius 1 is 1.71 bits per heavy atom. The number of likely N-dealkylation sites (N-methyl/N-ethyl adjacent to an activating group) is 1. The Hall–Kier alpha value is -1.09. The third-order valence-electron chi connectivity index (χ3n) is 3.66. The van der Waals surface area contributed by atoms with Crippen LogP contribution in [0.1, 0.15) is 32.6 Å². The quantitative estimate of drug-likeness (QED) is 0.688. The first-order chi connectivity index (χ1) is 8.05. The molecule has 2 aliphatic rings. The molecule has 2 rings (SSSR count). The normalized spacial score (nSPS) is 33.2. The summed E-state index contributed by atoms with van der Waals surface area (Å²) in [5.74, 6) is 0.129. The number of carbonyl (C=O) groups excluding carboxylic acids is 1. The first-order valence-corrected chi connectivity index (χ1v) is 6.29. The van der Waals surface area contributed by atoms with E-state index in [1.54, 1.807) is 4.90 Å². The van der Waals surface area contributed by atoms with Crippen LogP contribution >= 0.6 is 0 Å². The highest BCUT2D eigenvalue weighted by molar-refractivity contribution is 5.80. The molecule has 0 saturated carbocycles. The number of allylic oxidation sites excluding steroid dienone is 2. The van der Waals surface area contributed by atoms with Gasteiger partial charge in [-0.3, -0.25) is 4.79 Å². The Morgan fingerprint density at radius 2 is 2.47 bits per heavy atom. The van der Waals surface area contributed by atoms with Crippen molar-refractivity contribution in [3.63, 3.8) is 0 Å². The number of amides is 1. The lowest BCUT2D eigenvalue weighted by molar-refractivity contribution is -0.190. The SMILES string of the molecule is C=C(C)CC1COC2(C=CCCC2)N(C)C1=O. The lowest BCUT2D eigenvalue weighted by atomic mass is 9.91. The number of rotatable bonds is 2. The van der Waals surface area contributed by atoms with Crippen molar-refractivity contribution in [1.29, 1.82) is 0 Å². The number of hydrogen-bond acceptors (Lipinski definition) is 2. The van der Waals surface area contributed by atoms with Gasteiger partial charge in [-0.2, -0.15) is 0 Å². The van der Waals surface area contributed by atoms with Gasteiger partial charge in [0.15, 0.2) is 5.72 Å². The first-order valence-electron chi connectivity index (χ1n) is 6.29. The van der Waals surface area contributed by atoms with Crippen molar-refractivity contribution in [2.45, 2.75) is 38.3 Å². The van der Waals surface area contributed by atoms with Gasteiger partial charge in [-0.1, -0.05) is 11.6 Å². The van der Waals surface area contributed by atoms with Crippen molar-refractivity contribution < 1.29 is 9.53 Å². The van der Waals surface area contributed by atoms with Crippen molar-refractivity contribution in [1.82, 2.24) is 4.90 Å². The van der Waals surface area contributed by atoms with Gasteiger partial charge < -0.3 is 9.64 Å². The van der Waals surface area contributed by atoms with Crippen molar-refractivity contribution in [2.75, 3.05) is 13.7 Å². The summed E-state index contributed by atoms with van der Waals surface area (Å²) in [5.41, 5.74) is 0.566. The second kappa shape index (κ2) is 4.65. The first kappa shape index (κ1) is 12.4. The highest BCUT2D eigenvalue weighted by atomic mass is 16.5. The Labute approximate surface area is 103 Å². The Bertz CT molecular complexity index is 361. The Balaban J connectivity index is 2.13. The zero-order valence-electron chi connectivity index (χ0n) is 10.7. The van der Waals surface area contributed by atoms with Gasteiger partial charge in [0, 0.05) is 7.05 Å². The van der Waals surface area contributed by atoms with Gasteiger partial charge in [0.1, 0.15) is 0 Å². The minimum absolute atomic E-state index is 0.0570. The van der Waals surface area contributed by atoms with E-state index in [-0.39, 0.29) is 11.8 Å².